The molecule has 0 atom stereocenters. The van der Waals surface area contributed by atoms with Gasteiger partial charge in [0.1, 0.15) is 15.8 Å². The van der Waals surface area contributed by atoms with Gasteiger partial charge in [0.05, 0.1) is 0 Å². The standard InChI is InChI=1S/C22H18N2O5S/c1-13-7-17(18(25)11-27-22(26)21-6-4-16(9-23)30-21)14(2)24(13)10-15-3-5-19-20(8-15)29-12-28-19/h3-8H,10-12H2,1-2H3. The molecule has 0 saturated heterocycles. The highest BCUT2D eigenvalue weighted by Crippen LogP contribution is 2.33. The Morgan fingerprint density at radius 1 is 1.17 bits per heavy atom. The molecule has 0 bridgehead atoms. The SMILES string of the molecule is Cc1cc(C(=O)COC(=O)c2ccc(C#N)s2)c(C)n1Cc1ccc2c(c1)OCO2. The Labute approximate surface area is 177 Å². The highest BCUT2D eigenvalue weighted by atomic mass is 32.1. The van der Waals surface area contributed by atoms with Crippen molar-refractivity contribution < 1.29 is 23.8 Å². The fourth-order valence-corrected chi connectivity index (χ4v) is 4.03. The minimum atomic E-state index is -0.607. The van der Waals surface area contributed by atoms with E-state index in [1.807, 2.05) is 42.7 Å². The number of carbonyl (C=O) groups is 2. The van der Waals surface area contributed by atoms with Gasteiger partial charge in [0.25, 0.3) is 0 Å². The van der Waals surface area contributed by atoms with Crippen LogP contribution in [0.1, 0.15) is 41.9 Å². The van der Waals surface area contributed by atoms with Crippen molar-refractivity contribution >= 4 is 23.1 Å². The molecule has 0 N–H and O–H groups in total. The number of thiophene rings is 1. The molecule has 152 valence electrons. The summed E-state index contributed by atoms with van der Waals surface area (Å²) >= 11 is 1.04. The molecule has 1 aliphatic heterocycles. The maximum Gasteiger partial charge on any atom is 0.348 e. The number of benzene rings is 1. The Morgan fingerprint density at radius 3 is 2.73 bits per heavy atom. The van der Waals surface area contributed by atoms with Gasteiger partial charge in [-0.2, -0.15) is 5.26 Å². The second-order valence-corrected chi connectivity index (χ2v) is 7.92. The number of rotatable bonds is 6. The molecule has 1 aliphatic rings. The van der Waals surface area contributed by atoms with Gasteiger partial charge in [-0.1, -0.05) is 6.07 Å². The molecule has 0 amide bonds. The monoisotopic (exact) mass is 422 g/mol. The molecule has 0 fully saturated rings. The highest BCUT2D eigenvalue weighted by molar-refractivity contribution is 7.14. The van der Waals surface area contributed by atoms with Crippen molar-refractivity contribution in [2.45, 2.75) is 20.4 Å². The van der Waals surface area contributed by atoms with Crippen molar-refractivity contribution in [2.24, 2.45) is 0 Å². The van der Waals surface area contributed by atoms with Gasteiger partial charge in [-0.3, -0.25) is 4.79 Å². The van der Waals surface area contributed by atoms with Crippen LogP contribution in [0.5, 0.6) is 11.5 Å². The van der Waals surface area contributed by atoms with Crippen LogP contribution in [-0.4, -0.2) is 29.7 Å². The summed E-state index contributed by atoms with van der Waals surface area (Å²) in [4.78, 5) is 25.5. The number of aromatic nitrogens is 1. The number of esters is 1. The van der Waals surface area contributed by atoms with Gasteiger partial charge in [0.15, 0.2) is 18.1 Å². The number of Topliss-reactive ketones (excluding diaryl/α,β-unsaturated/α-hetero) is 1. The lowest BCUT2D eigenvalue weighted by molar-refractivity contribution is 0.0479. The molecule has 3 aromatic rings. The molecular formula is C22H18N2O5S. The van der Waals surface area contributed by atoms with Gasteiger partial charge < -0.3 is 18.8 Å². The zero-order valence-electron chi connectivity index (χ0n) is 16.4. The van der Waals surface area contributed by atoms with Gasteiger partial charge in [-0.15, -0.1) is 11.3 Å². The average Bonchev–Trinajstić information content (AvgIpc) is 3.47. The largest absolute Gasteiger partial charge is 0.454 e. The molecule has 8 heteroatoms. The first-order chi connectivity index (χ1) is 14.5. The summed E-state index contributed by atoms with van der Waals surface area (Å²) in [5.41, 5.74) is 3.27. The van der Waals surface area contributed by atoms with Crippen molar-refractivity contribution in [2.75, 3.05) is 13.4 Å². The number of aryl methyl sites for hydroxylation is 1. The van der Waals surface area contributed by atoms with E-state index in [1.165, 1.54) is 6.07 Å². The Kier molecular flexibility index (Phi) is 5.29. The lowest BCUT2D eigenvalue weighted by Gasteiger charge is -2.11. The number of hydrogen-bond acceptors (Lipinski definition) is 7. The van der Waals surface area contributed by atoms with Crippen LogP contribution in [0.4, 0.5) is 0 Å². The number of carbonyl (C=O) groups excluding carboxylic acids is 2. The third-order valence-corrected chi connectivity index (χ3v) is 5.87. The summed E-state index contributed by atoms with van der Waals surface area (Å²) in [5.74, 6) is 0.561. The van der Waals surface area contributed by atoms with Crippen LogP contribution in [0.2, 0.25) is 0 Å². The van der Waals surface area contributed by atoms with Crippen LogP contribution in [-0.2, 0) is 11.3 Å². The first-order valence-corrected chi connectivity index (χ1v) is 10.0. The topological polar surface area (TPSA) is 90.6 Å². The summed E-state index contributed by atoms with van der Waals surface area (Å²) < 4.78 is 18.0. The molecule has 0 aliphatic carbocycles. The van der Waals surface area contributed by atoms with Crippen LogP contribution in [0.25, 0.3) is 0 Å². The fourth-order valence-electron chi connectivity index (χ4n) is 3.34. The van der Waals surface area contributed by atoms with E-state index in [9.17, 15) is 9.59 Å². The molecule has 4 rings (SSSR count). The number of ketones is 1. The maximum absolute atomic E-state index is 12.7. The van der Waals surface area contributed by atoms with Gasteiger partial charge in [-0.25, -0.2) is 4.79 Å². The Morgan fingerprint density at radius 2 is 1.97 bits per heavy atom. The molecular weight excluding hydrogens is 404 g/mol. The van der Waals surface area contributed by atoms with E-state index in [0.29, 0.717) is 27.6 Å². The summed E-state index contributed by atoms with van der Waals surface area (Å²) in [7, 11) is 0. The number of ether oxygens (including phenoxy) is 3. The normalized spacial score (nSPS) is 11.9. The summed E-state index contributed by atoms with van der Waals surface area (Å²) in [6.45, 7) is 4.24. The number of fused-ring (bicyclic) bond motifs is 1. The van der Waals surface area contributed by atoms with E-state index in [2.05, 4.69) is 0 Å². The van der Waals surface area contributed by atoms with Gasteiger partial charge >= 0.3 is 5.97 Å². The highest BCUT2D eigenvalue weighted by Gasteiger charge is 2.20. The molecule has 3 heterocycles. The average molecular weight is 422 g/mol. The lowest BCUT2D eigenvalue weighted by Crippen LogP contribution is -2.14. The van der Waals surface area contributed by atoms with Crippen molar-refractivity contribution in [1.82, 2.24) is 4.57 Å². The van der Waals surface area contributed by atoms with E-state index >= 15 is 0 Å². The van der Waals surface area contributed by atoms with Crippen molar-refractivity contribution in [1.29, 1.82) is 5.26 Å². The zero-order valence-corrected chi connectivity index (χ0v) is 17.2. The molecule has 2 aromatic heterocycles. The van der Waals surface area contributed by atoms with Crippen molar-refractivity contribution in [3.63, 3.8) is 0 Å². The smallest absolute Gasteiger partial charge is 0.348 e. The number of nitriles is 1. The van der Waals surface area contributed by atoms with E-state index in [-0.39, 0.29) is 19.2 Å². The molecule has 0 spiro atoms. The van der Waals surface area contributed by atoms with E-state index in [1.54, 1.807) is 12.1 Å². The Hall–Kier alpha value is -3.57. The molecule has 0 saturated carbocycles. The molecule has 0 unspecified atom stereocenters. The van der Waals surface area contributed by atoms with Gasteiger partial charge in [-0.05, 0) is 49.7 Å². The van der Waals surface area contributed by atoms with Crippen molar-refractivity contribution in [3.05, 3.63) is 68.7 Å². The summed E-state index contributed by atoms with van der Waals surface area (Å²) in [6, 6.07) is 12.6. The van der Waals surface area contributed by atoms with Crippen molar-refractivity contribution in [3.8, 4) is 17.6 Å². The zero-order chi connectivity index (χ0) is 21.3. The second-order valence-electron chi connectivity index (χ2n) is 6.83. The Balaban J connectivity index is 1.45. The van der Waals surface area contributed by atoms with Crippen LogP contribution in [0, 0.1) is 25.2 Å². The molecule has 7 nitrogen and oxygen atoms in total. The fraction of sp³-hybridized carbons (Fsp3) is 0.227. The minimum Gasteiger partial charge on any atom is -0.454 e. The third-order valence-electron chi connectivity index (χ3n) is 4.90. The third kappa shape index (κ3) is 3.80. The second kappa shape index (κ2) is 8.05. The molecule has 30 heavy (non-hydrogen) atoms. The van der Waals surface area contributed by atoms with E-state index in [4.69, 9.17) is 19.5 Å². The quantitative estimate of drug-likeness (QED) is 0.443. The van der Waals surface area contributed by atoms with Gasteiger partial charge in [0, 0.05) is 23.5 Å². The molecule has 0 radical (unpaired) electrons. The van der Waals surface area contributed by atoms with E-state index in [0.717, 1.165) is 34.0 Å². The number of hydrogen-bond donors (Lipinski definition) is 0. The molecule has 1 aromatic carbocycles. The van der Waals surface area contributed by atoms with Crippen LogP contribution in [0.3, 0.4) is 0 Å². The first kappa shape index (κ1) is 19.7. The lowest BCUT2D eigenvalue weighted by atomic mass is 10.1. The van der Waals surface area contributed by atoms with E-state index < -0.39 is 5.97 Å². The van der Waals surface area contributed by atoms with Crippen LogP contribution >= 0.6 is 11.3 Å². The first-order valence-electron chi connectivity index (χ1n) is 9.22. The maximum atomic E-state index is 12.7. The number of nitrogens with zero attached hydrogens (tertiary/aromatic N) is 2. The predicted molar refractivity (Wildman–Crippen MR) is 109 cm³/mol. The van der Waals surface area contributed by atoms with Gasteiger partial charge in [0.2, 0.25) is 12.6 Å². The summed E-state index contributed by atoms with van der Waals surface area (Å²) in [5, 5.41) is 8.85. The minimum absolute atomic E-state index is 0.223. The van der Waals surface area contributed by atoms with Crippen LogP contribution in [0.15, 0.2) is 36.4 Å². The Bertz CT molecular complexity index is 1180. The summed E-state index contributed by atoms with van der Waals surface area (Å²) in [6.07, 6.45) is 0. The van der Waals surface area contributed by atoms with Crippen LogP contribution < -0.4 is 9.47 Å². The predicted octanol–water partition coefficient (Wildman–Crippen LogP) is 3.85.